The predicted octanol–water partition coefficient (Wildman–Crippen LogP) is 5.63. The van der Waals surface area contributed by atoms with E-state index < -0.39 is 0 Å². The van der Waals surface area contributed by atoms with Crippen LogP contribution in [0.15, 0.2) is 35.3 Å². The van der Waals surface area contributed by atoms with Crippen LogP contribution < -0.4 is 5.36 Å². The van der Waals surface area contributed by atoms with Crippen molar-refractivity contribution in [3.63, 3.8) is 0 Å². The van der Waals surface area contributed by atoms with Crippen LogP contribution in [-0.4, -0.2) is 4.37 Å². The predicted molar refractivity (Wildman–Crippen MR) is 92.1 cm³/mol. The fraction of sp³-hybridized carbons (Fsp3) is 0.250. The molecule has 0 aromatic heterocycles. The van der Waals surface area contributed by atoms with Gasteiger partial charge in [-0.3, -0.25) is 0 Å². The number of hydrogen-bond acceptors (Lipinski definition) is 4. The molecule has 108 valence electrons. The number of aryl methyl sites for hydroxylation is 1. The summed E-state index contributed by atoms with van der Waals surface area (Å²) in [6.07, 6.45) is 0. The summed E-state index contributed by atoms with van der Waals surface area (Å²) in [6, 6.07) is 9.77. The topological polar surface area (TPSA) is 25.2 Å². The number of nitrogens with zero attached hydrogens (tertiary/aromatic N) is 2. The number of benzene rings is 2. The van der Waals surface area contributed by atoms with Gasteiger partial charge in [-0.15, -0.1) is 0 Å². The quantitative estimate of drug-likeness (QED) is 0.558. The van der Waals surface area contributed by atoms with E-state index in [2.05, 4.69) is 31.2 Å². The Hall–Kier alpha value is -1.23. The van der Waals surface area contributed by atoms with Crippen LogP contribution >= 0.6 is 32.5 Å². The van der Waals surface area contributed by atoms with E-state index in [0.29, 0.717) is 5.92 Å². The summed E-state index contributed by atoms with van der Waals surface area (Å²) in [5.74, 6) is 0.409. The Labute approximate surface area is 136 Å². The molecule has 0 saturated carbocycles. The molecule has 0 bridgehead atoms. The molecule has 5 heteroatoms. The summed E-state index contributed by atoms with van der Waals surface area (Å²) in [7, 11) is 3.28. The molecule has 0 fully saturated rings. The Morgan fingerprint density at radius 3 is 2.57 bits per heavy atom. The average molecular weight is 335 g/mol. The van der Waals surface area contributed by atoms with Gasteiger partial charge in [0.15, 0.2) is 0 Å². The van der Waals surface area contributed by atoms with Crippen molar-refractivity contribution < 1.29 is 0 Å². The van der Waals surface area contributed by atoms with E-state index in [4.69, 9.17) is 16.6 Å². The minimum Gasteiger partial charge on any atom is -0.249 e. The Kier molecular flexibility index (Phi) is 4.11. The van der Waals surface area contributed by atoms with E-state index in [-0.39, 0.29) is 0 Å². The first-order valence-electron chi connectivity index (χ1n) is 6.76. The maximum Gasteiger partial charge on any atom is 0.0983 e. The van der Waals surface area contributed by atoms with Crippen molar-refractivity contribution in [2.24, 2.45) is 4.99 Å². The van der Waals surface area contributed by atoms with Crippen molar-refractivity contribution in [1.29, 1.82) is 0 Å². The number of hydrogen-bond donors (Lipinski definition) is 0. The molecule has 2 nitrogen and oxygen atoms in total. The lowest BCUT2D eigenvalue weighted by Gasteiger charge is -2.12. The van der Waals surface area contributed by atoms with Crippen molar-refractivity contribution in [3.8, 4) is 10.6 Å². The van der Waals surface area contributed by atoms with E-state index in [1.54, 1.807) is 20.9 Å². The smallest absolute Gasteiger partial charge is 0.0983 e. The molecule has 21 heavy (non-hydrogen) atoms. The Morgan fingerprint density at radius 2 is 1.90 bits per heavy atom. The molecule has 0 amide bonds. The third-order valence-corrected chi connectivity index (χ3v) is 5.48. The second-order valence-electron chi connectivity index (χ2n) is 5.30. The van der Waals surface area contributed by atoms with Gasteiger partial charge in [-0.05, 0) is 48.7 Å². The van der Waals surface area contributed by atoms with Gasteiger partial charge in [0.05, 0.1) is 21.6 Å². The SMILES string of the molecule is Cc1cc(=Nc2ccc(Cl)cc2)c(C(C)C)c2ssnc1-2. The van der Waals surface area contributed by atoms with Crippen LogP contribution in [0, 0.1) is 6.92 Å². The molecule has 0 unspecified atom stereocenters. The standard InChI is InChI=1S/C16H15ClN2S2/c1-9(2)14-13(18-12-6-4-11(17)5-7-12)8-10(3)15-16(14)20-21-19-15/h4-9H,1-3H3. The molecular weight excluding hydrogens is 320 g/mol. The summed E-state index contributed by atoms with van der Waals surface area (Å²) in [5.41, 5.74) is 4.50. The van der Waals surface area contributed by atoms with Crippen LogP contribution in [0.2, 0.25) is 5.02 Å². The summed E-state index contributed by atoms with van der Waals surface area (Å²) >= 11 is 5.94. The van der Waals surface area contributed by atoms with Crippen molar-refractivity contribution in [2.45, 2.75) is 26.7 Å². The molecule has 0 atom stereocenters. The number of rotatable bonds is 2. The van der Waals surface area contributed by atoms with E-state index in [1.807, 2.05) is 24.3 Å². The molecule has 1 aliphatic heterocycles. The summed E-state index contributed by atoms with van der Waals surface area (Å²) in [5, 5.41) is 1.77. The Morgan fingerprint density at radius 1 is 1.19 bits per heavy atom. The molecule has 1 aromatic rings. The molecule has 0 radical (unpaired) electrons. The van der Waals surface area contributed by atoms with Gasteiger partial charge in [0.2, 0.25) is 0 Å². The number of halogens is 1. The molecule has 1 heterocycles. The van der Waals surface area contributed by atoms with E-state index in [9.17, 15) is 0 Å². The largest absolute Gasteiger partial charge is 0.249 e. The second-order valence-corrected chi connectivity index (χ2v) is 7.59. The highest BCUT2D eigenvalue weighted by atomic mass is 35.5. The van der Waals surface area contributed by atoms with Gasteiger partial charge >= 0.3 is 0 Å². The van der Waals surface area contributed by atoms with E-state index in [1.165, 1.54) is 16.0 Å². The van der Waals surface area contributed by atoms with Crippen LogP contribution in [0.3, 0.4) is 0 Å². The number of fused-ring (bicyclic) bond motifs is 1. The van der Waals surface area contributed by atoms with Crippen molar-refractivity contribution in [1.82, 2.24) is 4.37 Å². The lowest BCUT2D eigenvalue weighted by molar-refractivity contribution is 0.854. The summed E-state index contributed by atoms with van der Waals surface area (Å²) in [6.45, 7) is 6.50. The summed E-state index contributed by atoms with van der Waals surface area (Å²) < 4.78 is 4.52. The van der Waals surface area contributed by atoms with Gasteiger partial charge < -0.3 is 0 Å². The summed E-state index contributed by atoms with van der Waals surface area (Å²) in [4.78, 5) is 6.09. The zero-order valence-electron chi connectivity index (χ0n) is 12.1. The van der Waals surface area contributed by atoms with Gasteiger partial charge in [-0.1, -0.05) is 35.8 Å². The van der Waals surface area contributed by atoms with E-state index in [0.717, 1.165) is 21.8 Å². The minimum atomic E-state index is 0.409. The average Bonchev–Trinajstić information content (AvgIpc) is 2.90. The fourth-order valence-electron chi connectivity index (χ4n) is 2.37. The van der Waals surface area contributed by atoms with Gasteiger partial charge in [0.1, 0.15) is 0 Å². The monoisotopic (exact) mass is 334 g/mol. The Balaban J connectivity index is 2.28. The first kappa shape index (κ1) is 14.7. The maximum atomic E-state index is 5.94. The second kappa shape index (κ2) is 5.87. The highest BCUT2D eigenvalue weighted by Gasteiger charge is 2.18. The third-order valence-electron chi connectivity index (χ3n) is 3.37. The van der Waals surface area contributed by atoms with Crippen LogP contribution in [0.5, 0.6) is 0 Å². The van der Waals surface area contributed by atoms with E-state index >= 15 is 0 Å². The Bertz CT molecular complexity index is 800. The molecule has 3 rings (SSSR count). The number of aromatic nitrogens is 1. The molecule has 0 spiro atoms. The lowest BCUT2D eigenvalue weighted by Crippen LogP contribution is -2.14. The molecule has 0 saturated heterocycles. The van der Waals surface area contributed by atoms with Crippen LogP contribution in [0.4, 0.5) is 5.69 Å². The van der Waals surface area contributed by atoms with Gasteiger partial charge in [-0.25, -0.2) is 4.99 Å². The van der Waals surface area contributed by atoms with Crippen LogP contribution in [0.1, 0.15) is 30.9 Å². The fourth-order valence-corrected chi connectivity index (χ4v) is 4.76. The first-order chi connectivity index (χ1) is 10.1. The molecule has 1 aliphatic carbocycles. The highest BCUT2D eigenvalue weighted by molar-refractivity contribution is 7.68. The van der Waals surface area contributed by atoms with Crippen molar-refractivity contribution in [2.75, 3.05) is 0 Å². The molecule has 2 aliphatic rings. The van der Waals surface area contributed by atoms with Gasteiger partial charge in [0, 0.05) is 21.1 Å². The highest BCUT2D eigenvalue weighted by Crippen LogP contribution is 2.36. The van der Waals surface area contributed by atoms with Gasteiger partial charge in [-0.2, -0.15) is 4.37 Å². The van der Waals surface area contributed by atoms with Crippen LogP contribution in [0.25, 0.3) is 10.6 Å². The van der Waals surface area contributed by atoms with Crippen molar-refractivity contribution in [3.05, 3.63) is 51.8 Å². The molecular formula is C16H15ClN2S2. The minimum absolute atomic E-state index is 0.409. The zero-order chi connectivity index (χ0) is 15.0. The third kappa shape index (κ3) is 2.89. The molecule has 0 N–H and O–H groups in total. The van der Waals surface area contributed by atoms with Crippen molar-refractivity contribution >= 4 is 38.2 Å². The zero-order valence-corrected chi connectivity index (χ0v) is 14.4. The molecule has 1 aromatic carbocycles. The first-order valence-corrected chi connectivity index (χ1v) is 9.24. The maximum absolute atomic E-state index is 5.94. The van der Waals surface area contributed by atoms with Gasteiger partial charge in [0.25, 0.3) is 0 Å². The van der Waals surface area contributed by atoms with Crippen LogP contribution in [-0.2, 0) is 0 Å². The lowest BCUT2D eigenvalue weighted by atomic mass is 9.96. The normalized spacial score (nSPS) is 12.5.